The molecule has 3 heteroatoms. The van der Waals surface area contributed by atoms with E-state index in [1.807, 2.05) is 45.9 Å². The van der Waals surface area contributed by atoms with Crippen molar-refractivity contribution < 1.29 is 4.74 Å². The van der Waals surface area contributed by atoms with Crippen molar-refractivity contribution in [2.24, 2.45) is 0 Å². The lowest BCUT2D eigenvalue weighted by atomic mass is 10.1. The summed E-state index contributed by atoms with van der Waals surface area (Å²) in [4.78, 5) is 0. The summed E-state index contributed by atoms with van der Waals surface area (Å²) in [7, 11) is 0. The Morgan fingerprint density at radius 3 is 2.65 bits per heavy atom. The van der Waals surface area contributed by atoms with Gasteiger partial charge in [-0.25, -0.2) is 0 Å². The van der Waals surface area contributed by atoms with E-state index in [2.05, 4.69) is 11.4 Å². The minimum atomic E-state index is -0.106. The van der Waals surface area contributed by atoms with Crippen LogP contribution in [0, 0.1) is 18.3 Å². The van der Waals surface area contributed by atoms with Crippen LogP contribution in [0.1, 0.15) is 31.9 Å². The molecule has 0 unspecified atom stereocenters. The lowest BCUT2D eigenvalue weighted by Gasteiger charge is -2.20. The first kappa shape index (κ1) is 13.5. The number of hydrogen-bond donors (Lipinski definition) is 1. The summed E-state index contributed by atoms with van der Waals surface area (Å²) in [5.41, 5.74) is 2.71. The van der Waals surface area contributed by atoms with Gasteiger partial charge >= 0.3 is 0 Å². The molecule has 0 amide bonds. The number of anilines is 1. The molecule has 17 heavy (non-hydrogen) atoms. The van der Waals surface area contributed by atoms with Gasteiger partial charge in [0.15, 0.2) is 0 Å². The summed E-state index contributed by atoms with van der Waals surface area (Å²) in [5.74, 6) is 0. The number of ether oxygens (including phenoxy) is 1. The van der Waals surface area contributed by atoms with Crippen LogP contribution in [0.15, 0.2) is 18.2 Å². The number of rotatable bonds is 4. The van der Waals surface area contributed by atoms with Crippen molar-refractivity contribution in [1.82, 2.24) is 0 Å². The number of benzene rings is 1. The predicted octanol–water partition coefficient (Wildman–Crippen LogP) is 3.09. The van der Waals surface area contributed by atoms with Gasteiger partial charge in [0.1, 0.15) is 0 Å². The maximum Gasteiger partial charge on any atom is 0.0992 e. The van der Waals surface area contributed by atoms with Crippen molar-refractivity contribution in [1.29, 1.82) is 5.26 Å². The zero-order valence-electron chi connectivity index (χ0n) is 11.0. The minimum Gasteiger partial charge on any atom is -0.382 e. The van der Waals surface area contributed by atoms with Crippen LogP contribution in [-0.4, -0.2) is 18.8 Å². The van der Waals surface area contributed by atoms with Gasteiger partial charge in [-0.05, 0) is 45.4 Å². The van der Waals surface area contributed by atoms with Crippen LogP contribution >= 0.6 is 0 Å². The molecule has 0 fully saturated rings. The molecule has 0 saturated carbocycles. The van der Waals surface area contributed by atoms with Crippen LogP contribution in [0.4, 0.5) is 5.69 Å². The van der Waals surface area contributed by atoms with E-state index in [1.165, 1.54) is 0 Å². The van der Waals surface area contributed by atoms with Crippen molar-refractivity contribution in [3.8, 4) is 6.07 Å². The second kappa shape index (κ2) is 5.70. The minimum absolute atomic E-state index is 0.106. The molecule has 0 spiro atoms. The zero-order chi connectivity index (χ0) is 12.9. The Kier molecular flexibility index (Phi) is 4.53. The quantitative estimate of drug-likeness (QED) is 0.811. The van der Waals surface area contributed by atoms with E-state index in [0.717, 1.165) is 17.8 Å². The molecule has 92 valence electrons. The Labute approximate surface area is 103 Å². The molecule has 0 aliphatic carbocycles. The van der Waals surface area contributed by atoms with E-state index in [-0.39, 0.29) is 5.60 Å². The highest BCUT2D eigenvalue weighted by molar-refractivity contribution is 5.55. The fourth-order valence-electron chi connectivity index (χ4n) is 1.42. The van der Waals surface area contributed by atoms with Crippen LogP contribution in [0.25, 0.3) is 0 Å². The molecule has 3 nitrogen and oxygen atoms in total. The molecule has 0 heterocycles. The molecule has 0 aliphatic heterocycles. The normalized spacial score (nSPS) is 11.0. The molecule has 0 atom stereocenters. The Hall–Kier alpha value is -1.53. The van der Waals surface area contributed by atoms with E-state index in [1.54, 1.807) is 0 Å². The SMILES string of the molecule is Cc1ccc(C#N)cc1NCCOC(C)(C)C. The summed E-state index contributed by atoms with van der Waals surface area (Å²) in [6.45, 7) is 9.53. The van der Waals surface area contributed by atoms with Crippen LogP contribution in [-0.2, 0) is 4.74 Å². The smallest absolute Gasteiger partial charge is 0.0992 e. The van der Waals surface area contributed by atoms with Gasteiger partial charge in [0, 0.05) is 12.2 Å². The summed E-state index contributed by atoms with van der Waals surface area (Å²) < 4.78 is 5.62. The Morgan fingerprint density at radius 1 is 1.35 bits per heavy atom. The van der Waals surface area contributed by atoms with Crippen molar-refractivity contribution in [3.05, 3.63) is 29.3 Å². The zero-order valence-corrected chi connectivity index (χ0v) is 11.0. The van der Waals surface area contributed by atoms with Crippen LogP contribution in [0.5, 0.6) is 0 Å². The number of aryl methyl sites for hydroxylation is 1. The van der Waals surface area contributed by atoms with E-state index in [4.69, 9.17) is 10.00 Å². The first-order valence-electron chi connectivity index (χ1n) is 5.81. The summed E-state index contributed by atoms with van der Waals surface area (Å²) in [6.07, 6.45) is 0. The Morgan fingerprint density at radius 2 is 2.06 bits per heavy atom. The standard InChI is InChI=1S/C14H20N2O/c1-11-5-6-12(10-15)9-13(11)16-7-8-17-14(2,3)4/h5-6,9,16H,7-8H2,1-4H3. The van der Waals surface area contributed by atoms with Crippen molar-refractivity contribution >= 4 is 5.69 Å². The topological polar surface area (TPSA) is 45.0 Å². The van der Waals surface area contributed by atoms with Gasteiger partial charge in [-0.1, -0.05) is 6.07 Å². The van der Waals surface area contributed by atoms with Gasteiger partial charge in [0.2, 0.25) is 0 Å². The maximum atomic E-state index is 8.83. The second-order valence-corrected chi connectivity index (χ2v) is 5.03. The highest BCUT2D eigenvalue weighted by atomic mass is 16.5. The molecule has 1 rings (SSSR count). The lowest BCUT2D eigenvalue weighted by molar-refractivity contribution is 0.00333. The van der Waals surface area contributed by atoms with Gasteiger partial charge in [-0.3, -0.25) is 0 Å². The molecule has 1 N–H and O–H groups in total. The van der Waals surface area contributed by atoms with Gasteiger partial charge in [0.05, 0.1) is 23.8 Å². The molecule has 0 bridgehead atoms. The Bertz CT molecular complexity index is 413. The number of nitrogens with one attached hydrogen (secondary N) is 1. The van der Waals surface area contributed by atoms with Gasteiger partial charge in [0.25, 0.3) is 0 Å². The fraction of sp³-hybridized carbons (Fsp3) is 0.500. The van der Waals surface area contributed by atoms with Gasteiger partial charge < -0.3 is 10.1 Å². The number of nitriles is 1. The molecule has 1 aromatic carbocycles. The van der Waals surface area contributed by atoms with Crippen LogP contribution < -0.4 is 5.32 Å². The van der Waals surface area contributed by atoms with E-state index >= 15 is 0 Å². The van der Waals surface area contributed by atoms with E-state index in [9.17, 15) is 0 Å². The molecular formula is C14H20N2O. The third kappa shape index (κ3) is 4.88. The highest BCUT2D eigenvalue weighted by Gasteiger charge is 2.09. The molecule has 0 radical (unpaired) electrons. The third-order valence-electron chi connectivity index (χ3n) is 2.32. The highest BCUT2D eigenvalue weighted by Crippen LogP contribution is 2.16. The van der Waals surface area contributed by atoms with Crippen LogP contribution in [0.3, 0.4) is 0 Å². The number of nitrogens with zero attached hydrogens (tertiary/aromatic N) is 1. The van der Waals surface area contributed by atoms with E-state index in [0.29, 0.717) is 12.2 Å². The van der Waals surface area contributed by atoms with Crippen molar-refractivity contribution in [2.45, 2.75) is 33.3 Å². The summed E-state index contributed by atoms with van der Waals surface area (Å²) >= 11 is 0. The summed E-state index contributed by atoms with van der Waals surface area (Å²) in [5, 5.41) is 12.1. The van der Waals surface area contributed by atoms with Gasteiger partial charge in [-0.2, -0.15) is 5.26 Å². The maximum absolute atomic E-state index is 8.83. The average molecular weight is 232 g/mol. The molecule has 0 aliphatic rings. The van der Waals surface area contributed by atoms with Crippen molar-refractivity contribution in [2.75, 3.05) is 18.5 Å². The van der Waals surface area contributed by atoms with Crippen molar-refractivity contribution in [3.63, 3.8) is 0 Å². The molecular weight excluding hydrogens is 212 g/mol. The van der Waals surface area contributed by atoms with Crippen LogP contribution in [0.2, 0.25) is 0 Å². The third-order valence-corrected chi connectivity index (χ3v) is 2.32. The molecule has 0 saturated heterocycles. The number of hydrogen-bond acceptors (Lipinski definition) is 3. The fourth-order valence-corrected chi connectivity index (χ4v) is 1.42. The average Bonchev–Trinajstić information content (AvgIpc) is 2.25. The molecule has 1 aromatic rings. The second-order valence-electron chi connectivity index (χ2n) is 5.03. The van der Waals surface area contributed by atoms with E-state index < -0.39 is 0 Å². The monoisotopic (exact) mass is 232 g/mol. The Balaban J connectivity index is 2.49. The first-order chi connectivity index (χ1) is 7.92. The van der Waals surface area contributed by atoms with Gasteiger partial charge in [-0.15, -0.1) is 0 Å². The predicted molar refractivity (Wildman–Crippen MR) is 70.1 cm³/mol. The molecule has 0 aromatic heterocycles. The summed E-state index contributed by atoms with van der Waals surface area (Å²) in [6, 6.07) is 7.78. The lowest BCUT2D eigenvalue weighted by Crippen LogP contribution is -2.23. The largest absolute Gasteiger partial charge is 0.382 e. The first-order valence-corrected chi connectivity index (χ1v) is 5.81.